The number of aromatic nitrogens is 1. The van der Waals surface area contributed by atoms with Crippen molar-refractivity contribution in [3.8, 4) is 9.88 Å². The predicted octanol–water partition coefficient (Wildman–Crippen LogP) is 3.65. The van der Waals surface area contributed by atoms with Gasteiger partial charge in [0.15, 0.2) is 0 Å². The van der Waals surface area contributed by atoms with Crippen LogP contribution in [0.5, 0.6) is 0 Å². The monoisotopic (exact) mass is 297 g/mol. The minimum Gasteiger partial charge on any atom is -0.288 e. The van der Waals surface area contributed by atoms with Crippen LogP contribution in [0.2, 0.25) is 0 Å². The van der Waals surface area contributed by atoms with E-state index in [-0.39, 0.29) is 11.6 Å². The smallest absolute Gasteiger partial charge is 0.213 e. The molecule has 1 aliphatic carbocycles. The number of hydrogen-bond donors (Lipinski definition) is 0. The summed E-state index contributed by atoms with van der Waals surface area (Å²) in [7, 11) is 0. The highest BCUT2D eigenvalue weighted by atomic mass is 32.1. The SMILES string of the molecule is O=C1c2ccccc2C(=O)c2sc(-c3cccs3)nc21. The van der Waals surface area contributed by atoms with Crippen molar-refractivity contribution in [2.75, 3.05) is 0 Å². The maximum Gasteiger partial charge on any atom is 0.213 e. The van der Waals surface area contributed by atoms with Crippen LogP contribution in [-0.4, -0.2) is 16.6 Å². The van der Waals surface area contributed by atoms with Crippen LogP contribution in [0.1, 0.15) is 31.3 Å². The Hall–Kier alpha value is -2.11. The molecule has 0 radical (unpaired) electrons. The van der Waals surface area contributed by atoms with Gasteiger partial charge in [-0.2, -0.15) is 0 Å². The van der Waals surface area contributed by atoms with Crippen molar-refractivity contribution in [3.63, 3.8) is 0 Å². The fourth-order valence-corrected chi connectivity index (χ4v) is 4.08. The Morgan fingerprint density at radius 3 is 2.35 bits per heavy atom. The molecule has 0 saturated heterocycles. The predicted molar refractivity (Wildman–Crippen MR) is 78.7 cm³/mol. The van der Waals surface area contributed by atoms with E-state index in [4.69, 9.17) is 0 Å². The van der Waals surface area contributed by atoms with Crippen LogP contribution < -0.4 is 0 Å². The second-order valence-corrected chi connectivity index (χ2v) is 6.32. The van der Waals surface area contributed by atoms with Gasteiger partial charge < -0.3 is 0 Å². The number of ketones is 2. The van der Waals surface area contributed by atoms with Gasteiger partial charge in [-0.1, -0.05) is 30.3 Å². The Labute approximate surface area is 122 Å². The molecule has 96 valence electrons. The van der Waals surface area contributed by atoms with E-state index in [1.54, 1.807) is 35.6 Å². The molecule has 3 aromatic rings. The molecular weight excluding hydrogens is 290 g/mol. The fraction of sp³-hybridized carbons (Fsp3) is 0. The zero-order valence-electron chi connectivity index (χ0n) is 10.1. The number of benzene rings is 1. The zero-order valence-corrected chi connectivity index (χ0v) is 11.8. The Morgan fingerprint density at radius 2 is 1.65 bits per heavy atom. The van der Waals surface area contributed by atoms with Crippen LogP contribution in [0.3, 0.4) is 0 Å². The van der Waals surface area contributed by atoms with Gasteiger partial charge in [0.05, 0.1) is 4.88 Å². The van der Waals surface area contributed by atoms with Crippen molar-refractivity contribution in [1.82, 2.24) is 4.98 Å². The van der Waals surface area contributed by atoms with E-state index in [1.807, 2.05) is 17.5 Å². The minimum atomic E-state index is -0.158. The molecule has 0 amide bonds. The van der Waals surface area contributed by atoms with Crippen LogP contribution in [0.15, 0.2) is 41.8 Å². The van der Waals surface area contributed by atoms with E-state index in [0.717, 1.165) is 9.88 Å². The number of carbonyl (C=O) groups is 2. The summed E-state index contributed by atoms with van der Waals surface area (Å²) in [5, 5.41) is 2.69. The standard InChI is InChI=1S/C15H7NO2S2/c17-12-8-4-1-2-5-9(8)13(18)14-11(12)16-15(20-14)10-6-3-7-19-10/h1-7H. The number of thiophene rings is 1. The molecule has 0 atom stereocenters. The molecule has 3 nitrogen and oxygen atoms in total. The van der Waals surface area contributed by atoms with E-state index in [9.17, 15) is 9.59 Å². The Bertz CT molecular complexity index is 794. The van der Waals surface area contributed by atoms with Crippen LogP contribution >= 0.6 is 22.7 Å². The molecular formula is C15H7NO2S2. The molecule has 20 heavy (non-hydrogen) atoms. The lowest BCUT2D eigenvalue weighted by Crippen LogP contribution is -2.19. The van der Waals surface area contributed by atoms with Gasteiger partial charge in [0.2, 0.25) is 11.6 Å². The fourth-order valence-electron chi connectivity index (χ4n) is 2.26. The summed E-state index contributed by atoms with van der Waals surface area (Å²) < 4.78 is 0. The number of fused-ring (bicyclic) bond motifs is 2. The van der Waals surface area contributed by atoms with Gasteiger partial charge in [0.25, 0.3) is 0 Å². The van der Waals surface area contributed by atoms with Crippen molar-refractivity contribution >= 4 is 34.2 Å². The van der Waals surface area contributed by atoms with E-state index >= 15 is 0 Å². The summed E-state index contributed by atoms with van der Waals surface area (Å²) in [4.78, 5) is 30.7. The molecule has 1 aliphatic rings. The third-order valence-electron chi connectivity index (χ3n) is 3.20. The molecule has 2 heterocycles. The van der Waals surface area contributed by atoms with Gasteiger partial charge in [-0.05, 0) is 11.4 Å². The molecule has 2 aromatic heterocycles. The average Bonchev–Trinajstić information content (AvgIpc) is 3.13. The molecule has 0 fully saturated rings. The second-order valence-electron chi connectivity index (χ2n) is 4.38. The molecule has 0 N–H and O–H groups in total. The van der Waals surface area contributed by atoms with Crippen molar-refractivity contribution < 1.29 is 9.59 Å². The Morgan fingerprint density at radius 1 is 0.900 bits per heavy atom. The minimum absolute atomic E-state index is 0.101. The molecule has 1 aromatic carbocycles. The van der Waals surface area contributed by atoms with Gasteiger partial charge in [0.1, 0.15) is 15.6 Å². The molecule has 0 unspecified atom stereocenters. The quantitative estimate of drug-likeness (QED) is 0.539. The van der Waals surface area contributed by atoms with Gasteiger partial charge in [-0.15, -0.1) is 22.7 Å². The lowest BCUT2D eigenvalue weighted by Gasteiger charge is -2.11. The number of rotatable bonds is 1. The molecule has 0 bridgehead atoms. The van der Waals surface area contributed by atoms with E-state index in [0.29, 0.717) is 21.7 Å². The van der Waals surface area contributed by atoms with Crippen LogP contribution in [0, 0.1) is 0 Å². The topological polar surface area (TPSA) is 47.0 Å². The Kier molecular flexibility index (Phi) is 2.45. The van der Waals surface area contributed by atoms with E-state index < -0.39 is 0 Å². The molecule has 5 heteroatoms. The van der Waals surface area contributed by atoms with Crippen molar-refractivity contribution in [2.24, 2.45) is 0 Å². The maximum atomic E-state index is 12.5. The first-order valence-electron chi connectivity index (χ1n) is 5.99. The van der Waals surface area contributed by atoms with Gasteiger partial charge in [-0.3, -0.25) is 9.59 Å². The largest absolute Gasteiger partial charge is 0.288 e. The van der Waals surface area contributed by atoms with E-state index in [1.165, 1.54) is 11.3 Å². The summed E-state index contributed by atoms with van der Waals surface area (Å²) in [5.41, 5.74) is 1.22. The highest BCUT2D eigenvalue weighted by Crippen LogP contribution is 2.36. The third-order valence-corrected chi connectivity index (χ3v) is 5.29. The Balaban J connectivity index is 1.94. The first-order valence-corrected chi connectivity index (χ1v) is 7.68. The second kappa shape index (κ2) is 4.19. The van der Waals surface area contributed by atoms with Crippen molar-refractivity contribution in [2.45, 2.75) is 0 Å². The van der Waals surface area contributed by atoms with Crippen LogP contribution in [-0.2, 0) is 0 Å². The summed E-state index contributed by atoms with van der Waals surface area (Å²) >= 11 is 2.85. The number of hydrogen-bond acceptors (Lipinski definition) is 5. The summed E-state index contributed by atoms with van der Waals surface area (Å²) in [6, 6.07) is 10.8. The molecule has 4 rings (SSSR count). The lowest BCUT2D eigenvalue weighted by atomic mass is 9.91. The van der Waals surface area contributed by atoms with Crippen LogP contribution in [0.4, 0.5) is 0 Å². The molecule has 0 spiro atoms. The molecule has 0 saturated carbocycles. The summed E-state index contributed by atoms with van der Waals surface area (Å²) in [6.07, 6.45) is 0. The van der Waals surface area contributed by atoms with E-state index in [2.05, 4.69) is 4.98 Å². The first kappa shape index (κ1) is 11.7. The van der Waals surface area contributed by atoms with Gasteiger partial charge in [-0.25, -0.2) is 4.98 Å². The zero-order chi connectivity index (χ0) is 13.7. The first-order chi connectivity index (χ1) is 9.75. The highest BCUT2D eigenvalue weighted by molar-refractivity contribution is 7.22. The molecule has 0 aliphatic heterocycles. The average molecular weight is 297 g/mol. The number of carbonyl (C=O) groups excluding carboxylic acids is 2. The maximum absolute atomic E-state index is 12.5. The lowest BCUT2D eigenvalue weighted by molar-refractivity contribution is 0.0979. The number of thiazole rings is 1. The van der Waals surface area contributed by atoms with Crippen molar-refractivity contribution in [1.29, 1.82) is 0 Å². The third kappa shape index (κ3) is 1.54. The van der Waals surface area contributed by atoms with Gasteiger partial charge in [0, 0.05) is 11.1 Å². The number of nitrogens with zero attached hydrogens (tertiary/aromatic N) is 1. The van der Waals surface area contributed by atoms with Gasteiger partial charge >= 0.3 is 0 Å². The van der Waals surface area contributed by atoms with Crippen LogP contribution in [0.25, 0.3) is 9.88 Å². The van der Waals surface area contributed by atoms with Crippen molar-refractivity contribution in [3.05, 3.63) is 63.5 Å². The summed E-state index contributed by atoms with van der Waals surface area (Å²) in [5.74, 6) is -0.259. The highest BCUT2D eigenvalue weighted by Gasteiger charge is 2.33. The normalized spacial score (nSPS) is 13.2. The summed E-state index contributed by atoms with van der Waals surface area (Å²) in [6.45, 7) is 0.